The van der Waals surface area contributed by atoms with Gasteiger partial charge in [0.15, 0.2) is 0 Å². The molecular weight excluding hydrogens is 325 g/mol. The molecule has 6 heteroatoms. The van der Waals surface area contributed by atoms with Crippen molar-refractivity contribution in [3.8, 4) is 21.7 Å². The van der Waals surface area contributed by atoms with Crippen LogP contribution in [0.15, 0.2) is 29.6 Å². The fraction of sp³-hybridized carbons (Fsp3) is 0.133. The number of hydrogen-bond acceptors (Lipinski definition) is 3. The van der Waals surface area contributed by atoms with E-state index in [1.54, 1.807) is 22.1 Å². The van der Waals surface area contributed by atoms with E-state index in [4.69, 9.17) is 28.9 Å². The summed E-state index contributed by atoms with van der Waals surface area (Å²) in [6.07, 6.45) is 0. The molecule has 0 aliphatic carbocycles. The Bertz CT molecular complexity index is 820. The molecule has 0 unspecified atom stereocenters. The first-order valence-electron chi connectivity index (χ1n) is 6.31. The highest BCUT2D eigenvalue weighted by molar-refractivity contribution is 7.13. The summed E-state index contributed by atoms with van der Waals surface area (Å²) < 4.78 is 1.69. The summed E-state index contributed by atoms with van der Waals surface area (Å²) in [5.74, 6) is 0.608. The first kappa shape index (κ1) is 14.4. The Hall–Kier alpha value is -1.49. The topological polar surface area (TPSA) is 43.8 Å². The summed E-state index contributed by atoms with van der Waals surface area (Å²) in [4.78, 5) is 1.11. The second-order valence-corrected chi connectivity index (χ2v) is 6.52. The van der Waals surface area contributed by atoms with Gasteiger partial charge in [0.2, 0.25) is 0 Å². The molecule has 0 atom stereocenters. The molecule has 2 N–H and O–H groups in total. The lowest BCUT2D eigenvalue weighted by molar-refractivity contribution is 0.783. The van der Waals surface area contributed by atoms with E-state index < -0.39 is 0 Å². The maximum absolute atomic E-state index is 6.21. The molecule has 0 aliphatic heterocycles. The van der Waals surface area contributed by atoms with Crippen molar-refractivity contribution in [1.82, 2.24) is 9.78 Å². The van der Waals surface area contributed by atoms with Gasteiger partial charge in [-0.2, -0.15) is 5.10 Å². The molecule has 1 aromatic carbocycles. The number of benzene rings is 1. The van der Waals surface area contributed by atoms with E-state index in [1.165, 1.54) is 5.56 Å². The van der Waals surface area contributed by atoms with Crippen molar-refractivity contribution in [2.75, 3.05) is 5.73 Å². The van der Waals surface area contributed by atoms with E-state index in [-0.39, 0.29) is 0 Å². The van der Waals surface area contributed by atoms with E-state index in [1.807, 2.05) is 24.6 Å². The fourth-order valence-electron chi connectivity index (χ4n) is 2.25. The standard InChI is InChI=1S/C15H13Cl2N3S/c1-8-5-6-21-14(8)13-12(15(18)20(2)19-13)9-3-4-10(16)11(17)7-9/h3-7H,18H2,1-2H3. The molecule has 0 aliphatic rings. The van der Waals surface area contributed by atoms with Gasteiger partial charge < -0.3 is 5.73 Å². The van der Waals surface area contributed by atoms with E-state index in [0.717, 1.165) is 21.7 Å². The van der Waals surface area contributed by atoms with Crippen molar-refractivity contribution in [1.29, 1.82) is 0 Å². The largest absolute Gasteiger partial charge is 0.383 e. The fourth-order valence-corrected chi connectivity index (χ4v) is 3.46. The van der Waals surface area contributed by atoms with Crippen LogP contribution in [0.1, 0.15) is 5.56 Å². The molecule has 0 fully saturated rings. The minimum absolute atomic E-state index is 0.506. The molecule has 21 heavy (non-hydrogen) atoms. The number of aromatic nitrogens is 2. The summed E-state index contributed by atoms with van der Waals surface area (Å²) in [6.45, 7) is 2.06. The van der Waals surface area contributed by atoms with Crippen molar-refractivity contribution in [3.63, 3.8) is 0 Å². The number of halogens is 2. The molecule has 2 heterocycles. The van der Waals surface area contributed by atoms with Gasteiger partial charge in [-0.25, -0.2) is 0 Å². The van der Waals surface area contributed by atoms with Crippen LogP contribution >= 0.6 is 34.5 Å². The zero-order chi connectivity index (χ0) is 15.1. The van der Waals surface area contributed by atoms with Gasteiger partial charge in [-0.1, -0.05) is 29.3 Å². The molecule has 0 amide bonds. The Morgan fingerprint density at radius 3 is 2.57 bits per heavy atom. The minimum Gasteiger partial charge on any atom is -0.383 e. The molecule has 0 saturated heterocycles. The number of rotatable bonds is 2. The van der Waals surface area contributed by atoms with Gasteiger partial charge in [-0.15, -0.1) is 11.3 Å². The predicted molar refractivity (Wildman–Crippen MR) is 91.1 cm³/mol. The number of aryl methyl sites for hydroxylation is 2. The number of nitrogen functional groups attached to an aromatic ring is 1. The second kappa shape index (κ2) is 5.37. The predicted octanol–water partition coefficient (Wildman–Crippen LogP) is 5.01. The quantitative estimate of drug-likeness (QED) is 0.713. The van der Waals surface area contributed by atoms with E-state index in [9.17, 15) is 0 Å². The van der Waals surface area contributed by atoms with Crippen LogP contribution < -0.4 is 5.73 Å². The van der Waals surface area contributed by atoms with Crippen molar-refractivity contribution in [2.24, 2.45) is 7.05 Å². The third-order valence-electron chi connectivity index (χ3n) is 3.38. The average molecular weight is 338 g/mol. The average Bonchev–Trinajstić information content (AvgIpc) is 2.98. The lowest BCUT2D eigenvalue weighted by Crippen LogP contribution is -1.98. The summed E-state index contributed by atoms with van der Waals surface area (Å²) in [5, 5.41) is 7.65. The van der Waals surface area contributed by atoms with Crippen LogP contribution in [0.2, 0.25) is 10.0 Å². The second-order valence-electron chi connectivity index (χ2n) is 4.79. The van der Waals surface area contributed by atoms with Gasteiger partial charge in [0.05, 0.1) is 20.5 Å². The van der Waals surface area contributed by atoms with Gasteiger partial charge in [0.25, 0.3) is 0 Å². The number of nitrogens with two attached hydrogens (primary N) is 1. The van der Waals surface area contributed by atoms with Crippen LogP contribution in [0.3, 0.4) is 0 Å². The number of thiophene rings is 1. The highest BCUT2D eigenvalue weighted by Gasteiger charge is 2.20. The summed E-state index contributed by atoms with van der Waals surface area (Å²) in [6, 6.07) is 7.58. The zero-order valence-electron chi connectivity index (χ0n) is 11.5. The molecule has 0 saturated carbocycles. The van der Waals surface area contributed by atoms with Gasteiger partial charge in [-0.3, -0.25) is 4.68 Å². The summed E-state index contributed by atoms with van der Waals surface area (Å²) in [5.41, 5.74) is 10.1. The molecule has 3 aromatic rings. The first-order valence-corrected chi connectivity index (χ1v) is 7.95. The molecular formula is C15H13Cl2N3S. The molecule has 2 aromatic heterocycles. The van der Waals surface area contributed by atoms with Crippen LogP contribution in [-0.2, 0) is 7.05 Å². The Balaban J connectivity index is 2.27. The molecule has 3 rings (SSSR count). The van der Waals surface area contributed by atoms with Crippen LogP contribution in [0, 0.1) is 6.92 Å². The van der Waals surface area contributed by atoms with Crippen LogP contribution in [0.25, 0.3) is 21.7 Å². The van der Waals surface area contributed by atoms with Crippen LogP contribution in [0.4, 0.5) is 5.82 Å². The van der Waals surface area contributed by atoms with Crippen molar-refractivity contribution < 1.29 is 0 Å². The highest BCUT2D eigenvalue weighted by atomic mass is 35.5. The van der Waals surface area contributed by atoms with Crippen molar-refractivity contribution in [2.45, 2.75) is 6.92 Å². The zero-order valence-corrected chi connectivity index (χ0v) is 13.9. The molecule has 0 radical (unpaired) electrons. The number of anilines is 1. The molecule has 0 spiro atoms. The number of nitrogens with zero attached hydrogens (tertiary/aromatic N) is 2. The van der Waals surface area contributed by atoms with Gasteiger partial charge >= 0.3 is 0 Å². The van der Waals surface area contributed by atoms with E-state index >= 15 is 0 Å². The van der Waals surface area contributed by atoms with Crippen molar-refractivity contribution >= 4 is 40.4 Å². The first-order chi connectivity index (χ1) is 9.99. The van der Waals surface area contributed by atoms with Crippen molar-refractivity contribution in [3.05, 3.63) is 45.3 Å². The molecule has 108 valence electrons. The third-order valence-corrected chi connectivity index (χ3v) is 5.14. The lowest BCUT2D eigenvalue weighted by atomic mass is 10.0. The smallest absolute Gasteiger partial charge is 0.129 e. The van der Waals surface area contributed by atoms with Crippen LogP contribution in [0.5, 0.6) is 0 Å². The van der Waals surface area contributed by atoms with Gasteiger partial charge in [0.1, 0.15) is 11.5 Å². The van der Waals surface area contributed by atoms with E-state index in [2.05, 4.69) is 18.1 Å². The molecule has 3 nitrogen and oxygen atoms in total. The monoisotopic (exact) mass is 337 g/mol. The van der Waals surface area contributed by atoms with Gasteiger partial charge in [-0.05, 0) is 41.6 Å². The maximum atomic E-state index is 6.21. The normalized spacial score (nSPS) is 11.0. The SMILES string of the molecule is Cc1ccsc1-c1nn(C)c(N)c1-c1ccc(Cl)c(Cl)c1. The minimum atomic E-state index is 0.506. The Morgan fingerprint density at radius 2 is 1.95 bits per heavy atom. The third kappa shape index (κ3) is 2.44. The van der Waals surface area contributed by atoms with Crippen LogP contribution in [-0.4, -0.2) is 9.78 Å². The number of hydrogen-bond donors (Lipinski definition) is 1. The highest BCUT2D eigenvalue weighted by Crippen LogP contribution is 2.40. The summed E-state index contributed by atoms with van der Waals surface area (Å²) in [7, 11) is 1.84. The Morgan fingerprint density at radius 1 is 1.19 bits per heavy atom. The van der Waals surface area contributed by atoms with E-state index in [0.29, 0.717) is 15.9 Å². The Kier molecular flexibility index (Phi) is 3.69. The maximum Gasteiger partial charge on any atom is 0.129 e. The molecule has 0 bridgehead atoms. The Labute approximate surface area is 136 Å². The van der Waals surface area contributed by atoms with Gasteiger partial charge in [0, 0.05) is 7.05 Å². The lowest BCUT2D eigenvalue weighted by Gasteiger charge is -2.05. The summed E-state index contributed by atoms with van der Waals surface area (Å²) >= 11 is 13.8.